The van der Waals surface area contributed by atoms with E-state index in [4.69, 9.17) is 9.47 Å². The number of esters is 1. The fourth-order valence-electron chi connectivity index (χ4n) is 12.2. The summed E-state index contributed by atoms with van der Waals surface area (Å²) in [5, 5.41) is 11.2. The minimum absolute atomic E-state index is 0.000552. The summed E-state index contributed by atoms with van der Waals surface area (Å²) in [5.41, 5.74) is 0.987. The Hall–Kier alpha value is -0.610. The van der Waals surface area contributed by atoms with Crippen LogP contribution in [-0.4, -0.2) is 30.6 Å². The van der Waals surface area contributed by atoms with E-state index >= 15 is 0 Å². The molecular weight excluding hydrogens is 436 g/mol. The Balaban J connectivity index is 1.38. The molecule has 0 amide bonds. The molecule has 0 aromatic rings. The molecule has 11 atom stereocenters. The van der Waals surface area contributed by atoms with Gasteiger partial charge in [-0.3, -0.25) is 4.79 Å². The lowest BCUT2D eigenvalue weighted by atomic mass is 9.30. The van der Waals surface area contributed by atoms with Gasteiger partial charge in [0.25, 0.3) is 0 Å². The number of rotatable bonds is 1. The first kappa shape index (κ1) is 24.7. The first-order valence-corrected chi connectivity index (χ1v) is 14.7. The van der Waals surface area contributed by atoms with Crippen molar-refractivity contribution in [1.29, 1.82) is 0 Å². The van der Waals surface area contributed by atoms with Crippen LogP contribution in [-0.2, 0) is 14.3 Å². The van der Waals surface area contributed by atoms with Crippen molar-refractivity contribution >= 4 is 5.97 Å². The molecule has 35 heavy (non-hydrogen) atoms. The van der Waals surface area contributed by atoms with Crippen molar-refractivity contribution in [1.82, 2.24) is 0 Å². The van der Waals surface area contributed by atoms with Crippen LogP contribution in [0.5, 0.6) is 0 Å². The number of ether oxygens (including phenoxy) is 2. The van der Waals surface area contributed by atoms with Crippen LogP contribution in [0.25, 0.3) is 0 Å². The third-order valence-corrected chi connectivity index (χ3v) is 14.8. The van der Waals surface area contributed by atoms with Crippen molar-refractivity contribution < 1.29 is 19.4 Å². The molecule has 1 heterocycles. The van der Waals surface area contributed by atoms with Crippen LogP contribution >= 0.6 is 0 Å². The van der Waals surface area contributed by atoms with Crippen molar-refractivity contribution in [3.63, 3.8) is 0 Å². The smallest absolute Gasteiger partial charge is 0.311 e. The second kappa shape index (κ2) is 7.07. The van der Waals surface area contributed by atoms with Gasteiger partial charge in [-0.25, -0.2) is 0 Å². The molecule has 5 aliphatic carbocycles. The molecule has 198 valence electrons. The molecule has 6 fully saturated rings. The Morgan fingerprint density at radius 2 is 1.46 bits per heavy atom. The molecular formula is C31H50O4. The third kappa shape index (κ3) is 2.75. The Labute approximate surface area is 213 Å². The van der Waals surface area contributed by atoms with Crippen molar-refractivity contribution in [2.45, 2.75) is 118 Å². The van der Waals surface area contributed by atoms with Gasteiger partial charge < -0.3 is 14.6 Å². The van der Waals surface area contributed by atoms with Gasteiger partial charge >= 0.3 is 5.97 Å². The van der Waals surface area contributed by atoms with Crippen molar-refractivity contribution in [3.05, 3.63) is 0 Å². The normalized spacial score (nSPS) is 61.1. The predicted octanol–water partition coefficient (Wildman–Crippen LogP) is 6.74. The Kier molecular flexibility index (Phi) is 4.99. The summed E-state index contributed by atoms with van der Waals surface area (Å²) in [6.07, 6.45) is 12.6. The van der Waals surface area contributed by atoms with Gasteiger partial charge in [0, 0.05) is 17.8 Å². The van der Waals surface area contributed by atoms with E-state index in [9.17, 15) is 9.90 Å². The van der Waals surface area contributed by atoms with E-state index in [0.29, 0.717) is 28.6 Å². The van der Waals surface area contributed by atoms with Crippen LogP contribution in [0, 0.1) is 56.2 Å². The maximum absolute atomic E-state index is 12.9. The summed E-state index contributed by atoms with van der Waals surface area (Å²) in [7, 11) is 1.57. The summed E-state index contributed by atoms with van der Waals surface area (Å²) in [6, 6.07) is 0. The molecule has 0 aromatic heterocycles. The highest BCUT2D eigenvalue weighted by Gasteiger charge is 2.74. The van der Waals surface area contributed by atoms with Crippen molar-refractivity contribution in [2.24, 2.45) is 56.2 Å². The van der Waals surface area contributed by atoms with Gasteiger partial charge in [-0.15, -0.1) is 0 Å². The summed E-state index contributed by atoms with van der Waals surface area (Å²) < 4.78 is 11.5. The maximum atomic E-state index is 12.9. The minimum Gasteiger partial charge on any atom is -0.469 e. The number of carbonyl (C=O) groups is 1. The molecule has 6 rings (SSSR count). The molecule has 4 heteroatoms. The zero-order chi connectivity index (χ0) is 25.3. The minimum atomic E-state index is -0.889. The van der Waals surface area contributed by atoms with E-state index in [1.54, 1.807) is 7.11 Å². The number of hydrogen-bond donors (Lipinski definition) is 1. The van der Waals surface area contributed by atoms with Crippen LogP contribution in [0.3, 0.4) is 0 Å². The van der Waals surface area contributed by atoms with Gasteiger partial charge in [-0.2, -0.15) is 0 Å². The fraction of sp³-hybridized carbons (Fsp3) is 0.968. The number of methoxy groups -OCH3 is 1. The molecule has 1 N–H and O–H groups in total. The van der Waals surface area contributed by atoms with Crippen LogP contribution in [0.15, 0.2) is 0 Å². The van der Waals surface area contributed by atoms with E-state index in [1.165, 1.54) is 38.5 Å². The molecule has 0 unspecified atom stereocenters. The van der Waals surface area contributed by atoms with Gasteiger partial charge in [0.1, 0.15) is 0 Å². The first-order valence-electron chi connectivity index (χ1n) is 14.7. The Morgan fingerprint density at radius 3 is 2.17 bits per heavy atom. The third-order valence-electron chi connectivity index (χ3n) is 14.8. The van der Waals surface area contributed by atoms with Gasteiger partial charge in [0.2, 0.25) is 0 Å². The molecule has 1 aliphatic heterocycles. The van der Waals surface area contributed by atoms with Gasteiger partial charge in [0.15, 0.2) is 5.79 Å². The zero-order valence-corrected chi connectivity index (χ0v) is 23.5. The van der Waals surface area contributed by atoms with Gasteiger partial charge in [0.05, 0.1) is 19.1 Å². The van der Waals surface area contributed by atoms with Gasteiger partial charge in [-0.05, 0) is 111 Å². The lowest BCUT2D eigenvalue weighted by Gasteiger charge is -2.74. The quantitative estimate of drug-likeness (QED) is 0.417. The van der Waals surface area contributed by atoms with Crippen molar-refractivity contribution in [3.8, 4) is 0 Å². The summed E-state index contributed by atoms with van der Waals surface area (Å²) in [6.45, 7) is 15.7. The Morgan fingerprint density at radius 1 is 0.829 bits per heavy atom. The number of carbonyl (C=O) groups excluding carboxylic acids is 1. The summed E-state index contributed by atoms with van der Waals surface area (Å²) in [4.78, 5) is 12.9. The lowest BCUT2D eigenvalue weighted by Crippen LogP contribution is -2.68. The Bertz CT molecular complexity index is 933. The largest absolute Gasteiger partial charge is 0.469 e. The molecule has 5 saturated carbocycles. The van der Waals surface area contributed by atoms with E-state index in [1.807, 2.05) is 0 Å². The zero-order valence-electron chi connectivity index (χ0n) is 23.5. The highest BCUT2D eigenvalue weighted by atomic mass is 16.6. The van der Waals surface area contributed by atoms with Crippen LogP contribution in [0.4, 0.5) is 0 Å². The second-order valence-corrected chi connectivity index (χ2v) is 15.6. The average molecular weight is 487 g/mol. The molecule has 0 radical (unpaired) electrons. The number of fused-ring (bicyclic) bond motifs is 7. The fourth-order valence-corrected chi connectivity index (χ4v) is 12.2. The highest BCUT2D eigenvalue weighted by Crippen LogP contribution is 2.79. The SMILES string of the molecule is COC(=O)[C@]1(C)CC[C@]2(C)CC[C@]3(C)[C@H]4CC[C@@]56CO[C@@](O)(CC[C@H]5[C@]4(C)CC[C@@]3(C)[C@@H]2C1)[C@@H]6C. The molecule has 6 aliphatic rings. The van der Waals surface area contributed by atoms with E-state index < -0.39 is 5.79 Å². The highest BCUT2D eigenvalue weighted by molar-refractivity contribution is 5.76. The van der Waals surface area contributed by atoms with Crippen LogP contribution in [0.1, 0.15) is 112 Å². The van der Waals surface area contributed by atoms with Crippen LogP contribution < -0.4 is 0 Å². The van der Waals surface area contributed by atoms with E-state index in [2.05, 4.69) is 41.5 Å². The number of aliphatic hydroxyl groups is 1. The standard InChI is InChI=1S/C31H50O4/c1-20-30-10-8-21-27(4,22(30)9-11-31(20,33)35-19-30)15-17-29(6)23-18-26(3,24(32)34-7)13-12-25(23,2)14-16-28(21,29)5/h20-23,33H,8-19H2,1-7H3/t20-,21+,22+,23-,25-,26-,27-,28-,29+,30+,31+/m1/s1. The summed E-state index contributed by atoms with van der Waals surface area (Å²) in [5.74, 6) is 1.27. The van der Waals surface area contributed by atoms with Gasteiger partial charge in [-0.1, -0.05) is 34.6 Å². The monoisotopic (exact) mass is 486 g/mol. The molecule has 2 bridgehead atoms. The number of hydrogen-bond acceptors (Lipinski definition) is 4. The molecule has 1 saturated heterocycles. The van der Waals surface area contributed by atoms with E-state index in [0.717, 1.165) is 38.7 Å². The predicted molar refractivity (Wildman–Crippen MR) is 136 cm³/mol. The molecule has 1 spiro atoms. The summed E-state index contributed by atoms with van der Waals surface area (Å²) >= 11 is 0. The molecule has 4 nitrogen and oxygen atoms in total. The second-order valence-electron chi connectivity index (χ2n) is 15.6. The molecule has 0 aromatic carbocycles. The van der Waals surface area contributed by atoms with Crippen LogP contribution in [0.2, 0.25) is 0 Å². The van der Waals surface area contributed by atoms with E-state index in [-0.39, 0.29) is 33.5 Å². The first-order chi connectivity index (χ1) is 16.2. The maximum Gasteiger partial charge on any atom is 0.311 e. The lowest BCUT2D eigenvalue weighted by molar-refractivity contribution is -0.267. The van der Waals surface area contributed by atoms with Crippen molar-refractivity contribution in [2.75, 3.05) is 13.7 Å². The topological polar surface area (TPSA) is 55.8 Å². The average Bonchev–Trinajstić information content (AvgIpc) is 2.96.